The van der Waals surface area contributed by atoms with Crippen LogP contribution in [0.5, 0.6) is 0 Å². The number of benzene rings is 1. The average molecular weight is 452 g/mol. The number of nitrogens with zero attached hydrogens (tertiary/aromatic N) is 6. The second kappa shape index (κ2) is 9.16. The SMILES string of the molecule is CN=C(NCc1ccc(-n2cccn2)cc1)NCc1ncnn1C.I. The van der Waals surface area contributed by atoms with E-state index >= 15 is 0 Å². The van der Waals surface area contributed by atoms with Gasteiger partial charge in [-0.3, -0.25) is 9.67 Å². The van der Waals surface area contributed by atoms with Crippen molar-refractivity contribution >= 4 is 29.9 Å². The van der Waals surface area contributed by atoms with Crippen LogP contribution in [0.2, 0.25) is 0 Å². The van der Waals surface area contributed by atoms with Crippen LogP contribution in [-0.4, -0.2) is 37.6 Å². The Hall–Kier alpha value is -2.43. The highest BCUT2D eigenvalue weighted by molar-refractivity contribution is 14.0. The molecule has 132 valence electrons. The van der Waals surface area contributed by atoms with Gasteiger partial charge in [0.25, 0.3) is 0 Å². The van der Waals surface area contributed by atoms with Crippen molar-refractivity contribution in [2.24, 2.45) is 12.0 Å². The topological polar surface area (TPSA) is 84.9 Å². The summed E-state index contributed by atoms with van der Waals surface area (Å²) in [4.78, 5) is 8.39. The second-order valence-corrected chi connectivity index (χ2v) is 5.20. The van der Waals surface area contributed by atoms with Crippen molar-refractivity contribution < 1.29 is 0 Å². The molecule has 0 bridgehead atoms. The van der Waals surface area contributed by atoms with Crippen LogP contribution in [0, 0.1) is 0 Å². The Kier molecular flexibility index (Phi) is 6.92. The molecule has 0 unspecified atom stereocenters. The Balaban J connectivity index is 0.00000225. The predicted molar refractivity (Wildman–Crippen MR) is 107 cm³/mol. The molecule has 2 N–H and O–H groups in total. The van der Waals surface area contributed by atoms with Crippen molar-refractivity contribution in [3.63, 3.8) is 0 Å². The number of aromatic nitrogens is 5. The number of nitrogens with one attached hydrogen (secondary N) is 2. The van der Waals surface area contributed by atoms with Crippen LogP contribution < -0.4 is 10.6 Å². The lowest BCUT2D eigenvalue weighted by molar-refractivity contribution is 0.672. The van der Waals surface area contributed by atoms with Crippen LogP contribution in [0.25, 0.3) is 5.69 Å². The number of rotatable bonds is 5. The third-order valence-corrected chi connectivity index (χ3v) is 3.61. The molecule has 25 heavy (non-hydrogen) atoms. The van der Waals surface area contributed by atoms with Gasteiger partial charge in [-0.2, -0.15) is 10.2 Å². The van der Waals surface area contributed by atoms with E-state index in [1.165, 1.54) is 6.33 Å². The molecule has 2 aromatic heterocycles. The Morgan fingerprint density at radius 1 is 1.12 bits per heavy atom. The zero-order chi connectivity index (χ0) is 16.8. The number of hydrogen-bond acceptors (Lipinski definition) is 4. The monoisotopic (exact) mass is 452 g/mol. The van der Waals surface area contributed by atoms with Gasteiger partial charge in [-0.15, -0.1) is 24.0 Å². The number of halogens is 1. The number of aliphatic imine (C=N–C) groups is 1. The maximum atomic E-state index is 4.22. The molecular formula is C16H21IN8. The van der Waals surface area contributed by atoms with Gasteiger partial charge in [0.15, 0.2) is 5.96 Å². The number of hydrogen-bond donors (Lipinski definition) is 2. The van der Waals surface area contributed by atoms with Gasteiger partial charge >= 0.3 is 0 Å². The third kappa shape index (κ3) is 5.02. The molecule has 8 nitrogen and oxygen atoms in total. The van der Waals surface area contributed by atoms with Gasteiger partial charge in [-0.05, 0) is 23.8 Å². The summed E-state index contributed by atoms with van der Waals surface area (Å²) in [6.07, 6.45) is 5.22. The summed E-state index contributed by atoms with van der Waals surface area (Å²) in [6, 6.07) is 10.1. The first kappa shape index (κ1) is 18.9. The van der Waals surface area contributed by atoms with E-state index in [-0.39, 0.29) is 24.0 Å². The van der Waals surface area contributed by atoms with Gasteiger partial charge in [-0.25, -0.2) is 9.67 Å². The van der Waals surface area contributed by atoms with Gasteiger partial charge in [0.2, 0.25) is 0 Å². The van der Waals surface area contributed by atoms with Gasteiger partial charge in [-0.1, -0.05) is 12.1 Å². The van der Waals surface area contributed by atoms with Crippen LogP contribution in [0.4, 0.5) is 0 Å². The van der Waals surface area contributed by atoms with Crippen molar-refractivity contribution in [3.05, 3.63) is 60.4 Å². The largest absolute Gasteiger partial charge is 0.352 e. The molecule has 2 heterocycles. The second-order valence-electron chi connectivity index (χ2n) is 5.20. The summed E-state index contributed by atoms with van der Waals surface area (Å²) >= 11 is 0. The lowest BCUT2D eigenvalue weighted by Gasteiger charge is -2.12. The molecule has 0 saturated heterocycles. The fourth-order valence-electron chi connectivity index (χ4n) is 2.24. The Labute approximate surface area is 163 Å². The maximum Gasteiger partial charge on any atom is 0.191 e. The molecule has 0 fully saturated rings. The van der Waals surface area contributed by atoms with Gasteiger partial charge in [0.1, 0.15) is 12.2 Å². The third-order valence-electron chi connectivity index (χ3n) is 3.61. The summed E-state index contributed by atoms with van der Waals surface area (Å²) < 4.78 is 3.56. The van der Waals surface area contributed by atoms with Crippen LogP contribution in [0.15, 0.2) is 54.0 Å². The highest BCUT2D eigenvalue weighted by atomic mass is 127. The molecule has 3 aromatic rings. The average Bonchev–Trinajstić information content (AvgIpc) is 3.28. The molecule has 0 amide bonds. The quantitative estimate of drug-likeness (QED) is 0.348. The van der Waals surface area contributed by atoms with E-state index in [0.717, 1.165) is 17.1 Å². The molecular weight excluding hydrogens is 431 g/mol. The summed E-state index contributed by atoms with van der Waals surface area (Å²) in [5.41, 5.74) is 2.20. The van der Waals surface area contributed by atoms with Crippen molar-refractivity contribution in [3.8, 4) is 5.69 Å². The Bertz CT molecular complexity index is 792. The zero-order valence-corrected chi connectivity index (χ0v) is 16.5. The highest BCUT2D eigenvalue weighted by Gasteiger charge is 2.03. The summed E-state index contributed by atoms with van der Waals surface area (Å²) in [6.45, 7) is 1.24. The molecule has 0 saturated carbocycles. The Morgan fingerprint density at radius 2 is 1.88 bits per heavy atom. The highest BCUT2D eigenvalue weighted by Crippen LogP contribution is 2.08. The first-order valence-electron chi connectivity index (χ1n) is 7.62. The fraction of sp³-hybridized carbons (Fsp3) is 0.250. The molecule has 0 aliphatic carbocycles. The molecule has 9 heteroatoms. The lowest BCUT2D eigenvalue weighted by Crippen LogP contribution is -2.36. The summed E-state index contributed by atoms with van der Waals surface area (Å²) in [7, 11) is 3.61. The summed E-state index contributed by atoms with van der Waals surface area (Å²) in [5.74, 6) is 1.57. The number of aryl methyl sites for hydroxylation is 1. The van der Waals surface area contributed by atoms with Crippen molar-refractivity contribution in [1.82, 2.24) is 35.2 Å². The molecule has 0 radical (unpaired) electrons. The van der Waals surface area contributed by atoms with Crippen LogP contribution in [0.1, 0.15) is 11.4 Å². The summed E-state index contributed by atoms with van der Waals surface area (Å²) in [5, 5.41) is 14.8. The van der Waals surface area contributed by atoms with E-state index in [4.69, 9.17) is 0 Å². The minimum atomic E-state index is 0. The molecule has 0 aliphatic rings. The van der Waals surface area contributed by atoms with Crippen LogP contribution >= 0.6 is 24.0 Å². The molecule has 0 aliphatic heterocycles. The number of guanidine groups is 1. The van der Waals surface area contributed by atoms with Crippen molar-refractivity contribution in [1.29, 1.82) is 0 Å². The van der Waals surface area contributed by atoms with Crippen molar-refractivity contribution in [2.75, 3.05) is 7.05 Å². The lowest BCUT2D eigenvalue weighted by atomic mass is 10.2. The molecule has 1 aromatic carbocycles. The van der Waals surface area contributed by atoms with Crippen molar-refractivity contribution in [2.45, 2.75) is 13.1 Å². The van der Waals surface area contributed by atoms with Crippen LogP contribution in [0.3, 0.4) is 0 Å². The molecule has 0 spiro atoms. The van der Waals surface area contributed by atoms with Gasteiger partial charge in [0.05, 0.1) is 12.2 Å². The van der Waals surface area contributed by atoms with E-state index in [1.54, 1.807) is 17.9 Å². The minimum Gasteiger partial charge on any atom is -0.352 e. The molecule has 0 atom stereocenters. The minimum absolute atomic E-state index is 0. The first-order chi connectivity index (χ1) is 11.8. The van der Waals surface area contributed by atoms with E-state index in [2.05, 4.69) is 42.9 Å². The molecule has 3 rings (SSSR count). The van der Waals surface area contributed by atoms with E-state index in [0.29, 0.717) is 19.0 Å². The first-order valence-corrected chi connectivity index (χ1v) is 7.62. The van der Waals surface area contributed by atoms with Gasteiger partial charge < -0.3 is 10.6 Å². The van der Waals surface area contributed by atoms with E-state index in [9.17, 15) is 0 Å². The maximum absolute atomic E-state index is 4.22. The van der Waals surface area contributed by atoms with E-state index in [1.807, 2.05) is 36.1 Å². The smallest absolute Gasteiger partial charge is 0.191 e. The standard InChI is InChI=1S/C16H20N8.HI/c1-17-16(19-11-15-20-12-22-23(15)2)18-10-13-4-6-14(7-5-13)24-9-3-8-21-24;/h3-9,12H,10-11H2,1-2H3,(H2,17,18,19);1H. The van der Waals surface area contributed by atoms with E-state index < -0.39 is 0 Å². The van der Waals surface area contributed by atoms with Gasteiger partial charge in [0, 0.05) is 33.0 Å². The zero-order valence-electron chi connectivity index (χ0n) is 14.1. The normalized spacial score (nSPS) is 11.0. The predicted octanol–water partition coefficient (Wildman–Crippen LogP) is 1.48. The Morgan fingerprint density at radius 3 is 2.48 bits per heavy atom. The fourth-order valence-corrected chi connectivity index (χ4v) is 2.24. The van der Waals surface area contributed by atoms with Crippen LogP contribution in [-0.2, 0) is 20.1 Å².